The molecule has 1 rings (SSSR count). The smallest absolute Gasteiger partial charge is 0.371 e. The Morgan fingerprint density at radius 2 is 1.62 bits per heavy atom. The quantitative estimate of drug-likeness (QED) is 0.672. The number of hydrogen-bond acceptors (Lipinski definition) is 2. The molecule has 13 heavy (non-hydrogen) atoms. The zero-order chi connectivity index (χ0) is 10.3. The first kappa shape index (κ1) is 11.3. The van der Waals surface area contributed by atoms with Gasteiger partial charge in [-0.25, -0.2) is 9.18 Å². The van der Waals surface area contributed by atoms with Gasteiger partial charge in [0.1, 0.15) is 5.82 Å². The van der Waals surface area contributed by atoms with Crippen LogP contribution >= 0.6 is 0 Å². The molecular formula is C9H9FO3. The average Bonchev–Trinajstić information content (AvgIpc) is 2.06. The Kier molecular flexibility index (Phi) is 5.11. The predicted octanol–water partition coefficient (Wildman–Crippen LogP) is 1.49. The minimum atomic E-state index is -1.38. The second-order valence-electron chi connectivity index (χ2n) is 2.16. The number of benzene rings is 1. The fourth-order valence-electron chi connectivity index (χ4n) is 0.415. The van der Waals surface area contributed by atoms with Crippen LogP contribution < -0.4 is 0 Å². The molecule has 1 aromatic carbocycles. The molecule has 0 aliphatic carbocycles. The van der Waals surface area contributed by atoms with Crippen LogP contribution in [0.15, 0.2) is 30.3 Å². The standard InChI is InChI=1S/C6H5F.C3H4O3/c7-6-4-2-1-3-5-6;1-2(4)3(5)6/h1-5H;1H3,(H,5,6). The maximum Gasteiger partial charge on any atom is 0.371 e. The van der Waals surface area contributed by atoms with Gasteiger partial charge >= 0.3 is 5.97 Å². The van der Waals surface area contributed by atoms with Gasteiger partial charge < -0.3 is 5.11 Å². The van der Waals surface area contributed by atoms with Crippen LogP contribution in [0.2, 0.25) is 0 Å². The van der Waals surface area contributed by atoms with E-state index in [-0.39, 0.29) is 5.82 Å². The Hall–Kier alpha value is -1.71. The van der Waals surface area contributed by atoms with Gasteiger partial charge in [0, 0.05) is 6.92 Å². The van der Waals surface area contributed by atoms with Crippen molar-refractivity contribution in [2.24, 2.45) is 0 Å². The molecule has 1 aromatic rings. The summed E-state index contributed by atoms with van der Waals surface area (Å²) in [6, 6.07) is 7.94. The molecule has 0 spiro atoms. The van der Waals surface area contributed by atoms with E-state index in [1.807, 2.05) is 0 Å². The summed E-state index contributed by atoms with van der Waals surface area (Å²) in [5.41, 5.74) is 0. The third-order valence-electron chi connectivity index (χ3n) is 1.03. The highest BCUT2D eigenvalue weighted by molar-refractivity contribution is 6.31. The highest BCUT2D eigenvalue weighted by Gasteiger charge is 1.98. The lowest BCUT2D eigenvalue weighted by Gasteiger charge is -1.78. The molecule has 0 saturated heterocycles. The topological polar surface area (TPSA) is 54.4 Å². The monoisotopic (exact) mass is 184 g/mol. The molecule has 0 bridgehead atoms. The lowest BCUT2D eigenvalue weighted by atomic mass is 10.4. The molecule has 0 aliphatic heterocycles. The second-order valence-corrected chi connectivity index (χ2v) is 2.16. The highest BCUT2D eigenvalue weighted by Crippen LogP contribution is 1.91. The SMILES string of the molecule is CC(=O)C(=O)O.Fc1ccccc1. The predicted molar refractivity (Wildman–Crippen MR) is 44.7 cm³/mol. The molecule has 70 valence electrons. The number of carboxylic acid groups (broad SMARTS) is 1. The molecule has 0 amide bonds. The fourth-order valence-corrected chi connectivity index (χ4v) is 0.415. The molecule has 0 heterocycles. The number of carbonyl (C=O) groups is 2. The maximum atomic E-state index is 11.9. The molecule has 0 aliphatic rings. The Labute approximate surface area is 74.8 Å². The highest BCUT2D eigenvalue weighted by atomic mass is 19.1. The number of halogens is 1. The summed E-state index contributed by atoms with van der Waals surface area (Å²) in [4.78, 5) is 18.9. The lowest BCUT2D eigenvalue weighted by Crippen LogP contribution is -2.05. The number of Topliss-reactive ketones (excluding diaryl/α,β-unsaturated/α-hetero) is 1. The van der Waals surface area contributed by atoms with Crippen LogP contribution in [0.1, 0.15) is 6.92 Å². The zero-order valence-electron chi connectivity index (χ0n) is 7.03. The van der Waals surface area contributed by atoms with E-state index >= 15 is 0 Å². The van der Waals surface area contributed by atoms with Crippen LogP contribution in [0.3, 0.4) is 0 Å². The summed E-state index contributed by atoms with van der Waals surface area (Å²) in [5, 5.41) is 7.64. The van der Waals surface area contributed by atoms with Crippen molar-refractivity contribution >= 4 is 11.8 Å². The minimum absolute atomic E-state index is 0.178. The molecular weight excluding hydrogens is 175 g/mol. The number of ketones is 1. The van der Waals surface area contributed by atoms with Gasteiger partial charge in [-0.05, 0) is 12.1 Å². The van der Waals surface area contributed by atoms with Crippen molar-refractivity contribution in [3.8, 4) is 0 Å². The van der Waals surface area contributed by atoms with Crippen LogP contribution in [0, 0.1) is 5.82 Å². The first-order valence-corrected chi connectivity index (χ1v) is 3.48. The van der Waals surface area contributed by atoms with Gasteiger partial charge in [0.2, 0.25) is 5.78 Å². The number of hydrogen-bond donors (Lipinski definition) is 1. The van der Waals surface area contributed by atoms with E-state index < -0.39 is 11.8 Å². The third-order valence-corrected chi connectivity index (χ3v) is 1.03. The van der Waals surface area contributed by atoms with Crippen molar-refractivity contribution in [1.82, 2.24) is 0 Å². The van der Waals surface area contributed by atoms with E-state index in [0.717, 1.165) is 6.92 Å². The largest absolute Gasteiger partial charge is 0.476 e. The molecule has 0 fully saturated rings. The molecule has 0 aromatic heterocycles. The molecule has 0 atom stereocenters. The van der Waals surface area contributed by atoms with Crippen molar-refractivity contribution in [3.63, 3.8) is 0 Å². The molecule has 1 N–H and O–H groups in total. The summed E-state index contributed by atoms with van der Waals surface area (Å²) in [6.45, 7) is 1.00. The third kappa shape index (κ3) is 6.68. The number of aliphatic carboxylic acids is 1. The van der Waals surface area contributed by atoms with Gasteiger partial charge in [0.05, 0.1) is 0 Å². The van der Waals surface area contributed by atoms with E-state index in [0.29, 0.717) is 0 Å². The zero-order valence-corrected chi connectivity index (χ0v) is 7.03. The van der Waals surface area contributed by atoms with Crippen molar-refractivity contribution in [1.29, 1.82) is 0 Å². The molecule has 0 saturated carbocycles. The minimum Gasteiger partial charge on any atom is -0.476 e. The first-order valence-electron chi connectivity index (χ1n) is 3.48. The lowest BCUT2D eigenvalue weighted by molar-refractivity contribution is -0.148. The Morgan fingerprint density at radius 1 is 1.23 bits per heavy atom. The summed E-state index contributed by atoms with van der Waals surface area (Å²) >= 11 is 0. The van der Waals surface area contributed by atoms with Crippen LogP contribution in [-0.4, -0.2) is 16.9 Å². The van der Waals surface area contributed by atoms with Crippen molar-refractivity contribution in [3.05, 3.63) is 36.1 Å². The summed E-state index contributed by atoms with van der Waals surface area (Å²) in [6.07, 6.45) is 0. The summed E-state index contributed by atoms with van der Waals surface area (Å²) in [5.74, 6) is -2.38. The number of rotatable bonds is 1. The number of carboxylic acids is 1. The van der Waals surface area contributed by atoms with Crippen molar-refractivity contribution in [2.75, 3.05) is 0 Å². The van der Waals surface area contributed by atoms with E-state index in [1.165, 1.54) is 12.1 Å². The van der Waals surface area contributed by atoms with Gasteiger partial charge in [-0.3, -0.25) is 4.79 Å². The van der Waals surface area contributed by atoms with Gasteiger partial charge in [-0.1, -0.05) is 18.2 Å². The normalized spacial score (nSPS) is 8.15. The Morgan fingerprint density at radius 3 is 1.77 bits per heavy atom. The summed E-state index contributed by atoms with van der Waals surface area (Å²) in [7, 11) is 0. The fraction of sp³-hybridized carbons (Fsp3) is 0.111. The van der Waals surface area contributed by atoms with Crippen LogP contribution in [0.25, 0.3) is 0 Å². The summed E-state index contributed by atoms with van der Waals surface area (Å²) < 4.78 is 11.9. The van der Waals surface area contributed by atoms with E-state index in [4.69, 9.17) is 5.11 Å². The first-order chi connectivity index (χ1) is 6.04. The van der Waals surface area contributed by atoms with Gasteiger partial charge in [-0.2, -0.15) is 0 Å². The van der Waals surface area contributed by atoms with E-state index in [1.54, 1.807) is 18.2 Å². The Balaban J connectivity index is 0.000000226. The Bertz CT molecular complexity index is 270. The van der Waals surface area contributed by atoms with Crippen molar-refractivity contribution in [2.45, 2.75) is 6.92 Å². The van der Waals surface area contributed by atoms with Crippen LogP contribution in [0.4, 0.5) is 4.39 Å². The van der Waals surface area contributed by atoms with E-state index in [2.05, 4.69) is 0 Å². The molecule has 0 unspecified atom stereocenters. The van der Waals surface area contributed by atoms with Crippen LogP contribution in [0.5, 0.6) is 0 Å². The van der Waals surface area contributed by atoms with Gasteiger partial charge in [0.15, 0.2) is 0 Å². The van der Waals surface area contributed by atoms with Gasteiger partial charge in [0.25, 0.3) is 0 Å². The van der Waals surface area contributed by atoms with Gasteiger partial charge in [-0.15, -0.1) is 0 Å². The molecule has 4 heteroatoms. The van der Waals surface area contributed by atoms with E-state index in [9.17, 15) is 14.0 Å². The van der Waals surface area contributed by atoms with Crippen LogP contribution in [-0.2, 0) is 9.59 Å². The second kappa shape index (κ2) is 5.88. The molecule has 3 nitrogen and oxygen atoms in total. The van der Waals surface area contributed by atoms with Crippen molar-refractivity contribution < 1.29 is 19.1 Å². The number of carbonyl (C=O) groups excluding carboxylic acids is 1. The maximum absolute atomic E-state index is 11.9. The average molecular weight is 184 g/mol. The molecule has 0 radical (unpaired) electrons.